The quantitative estimate of drug-likeness (QED) is 0.0376. The number of carbonyl (C=O) groups is 5. The largest absolute Gasteiger partial charge is 0.480 e. The summed E-state index contributed by atoms with van der Waals surface area (Å²) in [5.41, 5.74) is 10.4. The minimum Gasteiger partial charge on any atom is -0.480 e. The fraction of sp³-hybridized carbons (Fsp3) is 0.647. The summed E-state index contributed by atoms with van der Waals surface area (Å²) < 4.78 is 31.6. The number of nitrogens with one attached hydrogen (secondary N) is 6. The van der Waals surface area contributed by atoms with Gasteiger partial charge in [0.15, 0.2) is 12.0 Å². The molecule has 4 atom stereocenters. The molecule has 19 heteroatoms. The first-order valence-corrected chi connectivity index (χ1v) is 12.0. The lowest BCUT2D eigenvalue weighted by atomic mass is 10.1. The molecule has 18 nitrogen and oxygen atoms in total. The molecule has 0 aliphatic heterocycles. The molecule has 0 aromatic rings. The van der Waals surface area contributed by atoms with Gasteiger partial charge in [-0.25, -0.2) is 4.79 Å². The van der Waals surface area contributed by atoms with Crippen molar-refractivity contribution in [1.29, 1.82) is 5.41 Å². The average molecular weight is 541 g/mol. The Bertz CT molecular complexity index is 926. The summed E-state index contributed by atoms with van der Waals surface area (Å²) >= 11 is 0. The van der Waals surface area contributed by atoms with Crippen LogP contribution in [0.25, 0.3) is 0 Å². The lowest BCUT2D eigenvalue weighted by molar-refractivity contribution is -0.145. The number of carboxylic acids is 1. The van der Waals surface area contributed by atoms with Gasteiger partial charge in [-0.2, -0.15) is 8.42 Å². The molecule has 0 bridgehead atoms. The van der Waals surface area contributed by atoms with Gasteiger partial charge in [-0.15, -0.1) is 0 Å². The van der Waals surface area contributed by atoms with Crippen LogP contribution in [0.3, 0.4) is 0 Å². The number of guanidine groups is 1. The molecule has 36 heavy (non-hydrogen) atoms. The van der Waals surface area contributed by atoms with Crippen molar-refractivity contribution >= 4 is 45.7 Å². The molecule has 0 aliphatic rings. The maximum Gasteiger partial charge on any atom is 0.328 e. The number of aliphatic hydroxyl groups excluding tert-OH is 1. The van der Waals surface area contributed by atoms with Gasteiger partial charge in [0.25, 0.3) is 10.1 Å². The van der Waals surface area contributed by atoms with Crippen molar-refractivity contribution in [2.24, 2.45) is 11.5 Å². The summed E-state index contributed by atoms with van der Waals surface area (Å²) in [6, 6.07) is -4.96. The normalized spacial score (nSPS) is 14.3. The Balaban J connectivity index is 5.23. The molecule has 0 saturated carbocycles. The number of aliphatic hydroxyl groups is 1. The number of amides is 4. The lowest BCUT2D eigenvalue weighted by Gasteiger charge is -2.22. The van der Waals surface area contributed by atoms with Crippen molar-refractivity contribution < 1.29 is 47.2 Å². The zero-order chi connectivity index (χ0) is 28.1. The van der Waals surface area contributed by atoms with Crippen molar-refractivity contribution in [3.05, 3.63) is 0 Å². The monoisotopic (exact) mass is 540 g/mol. The van der Waals surface area contributed by atoms with Crippen LogP contribution in [0.4, 0.5) is 0 Å². The van der Waals surface area contributed by atoms with Gasteiger partial charge < -0.3 is 48.3 Å². The first-order valence-electron chi connectivity index (χ1n) is 10.4. The maximum atomic E-state index is 12.4. The van der Waals surface area contributed by atoms with E-state index in [0.717, 1.165) is 6.92 Å². The number of hydrogen-bond donors (Lipinski definition) is 11. The number of rotatable bonds is 16. The van der Waals surface area contributed by atoms with E-state index in [1.165, 1.54) is 0 Å². The minimum absolute atomic E-state index is 0.0587. The van der Waals surface area contributed by atoms with Gasteiger partial charge in [0, 0.05) is 6.54 Å². The van der Waals surface area contributed by atoms with Crippen LogP contribution in [0.15, 0.2) is 0 Å². The molecule has 13 N–H and O–H groups in total. The Morgan fingerprint density at radius 3 is 2.03 bits per heavy atom. The third-order valence-corrected chi connectivity index (χ3v) is 5.08. The molecule has 0 spiro atoms. The summed E-state index contributed by atoms with van der Waals surface area (Å²) in [4.78, 5) is 59.7. The predicted molar refractivity (Wildman–Crippen MR) is 123 cm³/mol. The van der Waals surface area contributed by atoms with Crippen molar-refractivity contribution in [3.63, 3.8) is 0 Å². The Morgan fingerprint density at radius 2 is 1.56 bits per heavy atom. The topological polar surface area (TPSA) is 316 Å². The Hall–Kier alpha value is -3.55. The molecule has 0 heterocycles. The van der Waals surface area contributed by atoms with Crippen LogP contribution in [0.1, 0.15) is 19.8 Å². The molecule has 0 unspecified atom stereocenters. The van der Waals surface area contributed by atoms with Gasteiger partial charge in [0.1, 0.15) is 17.8 Å². The van der Waals surface area contributed by atoms with E-state index in [1.807, 2.05) is 10.6 Å². The standard InChI is InChI=1S/C17H32N8O10S/c1-8(26)13(16(31)32)25-15(30)10(7-36(33,34)35)24-12(28)6-22-14(29)9(23-11(27)5-18)3-2-4-21-17(19)20/h8-10,13,26H,2-7,18H2,1H3,(H,22,29)(H,23,27)(H,24,28)(H,25,30)(H,31,32)(H4,19,20,21)(H,33,34,35)/t8-,9+,10+,13+/m1/s1. The molecule has 0 fully saturated rings. The number of carbonyl (C=O) groups excluding carboxylic acids is 4. The van der Waals surface area contributed by atoms with Gasteiger partial charge in [0.05, 0.1) is 19.2 Å². The van der Waals surface area contributed by atoms with Crippen LogP contribution in [0.5, 0.6) is 0 Å². The second-order valence-corrected chi connectivity index (χ2v) is 8.96. The van der Waals surface area contributed by atoms with Crippen molar-refractivity contribution in [2.75, 3.05) is 25.4 Å². The highest BCUT2D eigenvalue weighted by Gasteiger charge is 2.32. The van der Waals surface area contributed by atoms with Gasteiger partial charge >= 0.3 is 5.97 Å². The third-order valence-electron chi connectivity index (χ3n) is 4.32. The predicted octanol–water partition coefficient (Wildman–Crippen LogP) is -5.87. The molecule has 4 amide bonds. The highest BCUT2D eigenvalue weighted by molar-refractivity contribution is 7.85. The van der Waals surface area contributed by atoms with E-state index in [2.05, 4.69) is 16.0 Å². The van der Waals surface area contributed by atoms with Gasteiger partial charge in [-0.05, 0) is 19.8 Å². The van der Waals surface area contributed by atoms with Crippen LogP contribution in [0, 0.1) is 5.41 Å². The van der Waals surface area contributed by atoms with Crippen LogP contribution in [-0.2, 0) is 34.1 Å². The number of aliphatic carboxylic acids is 1. The van der Waals surface area contributed by atoms with E-state index in [9.17, 15) is 37.5 Å². The van der Waals surface area contributed by atoms with Crippen molar-refractivity contribution in [1.82, 2.24) is 26.6 Å². The Morgan fingerprint density at radius 1 is 0.972 bits per heavy atom. The highest BCUT2D eigenvalue weighted by atomic mass is 32.2. The molecule has 0 rings (SSSR count). The molecular weight excluding hydrogens is 508 g/mol. The van der Waals surface area contributed by atoms with Gasteiger partial charge in [-0.1, -0.05) is 0 Å². The van der Waals surface area contributed by atoms with Crippen LogP contribution in [0.2, 0.25) is 0 Å². The van der Waals surface area contributed by atoms with E-state index >= 15 is 0 Å². The Labute approximate surface area is 206 Å². The molecule has 0 aromatic heterocycles. The summed E-state index contributed by atoms with van der Waals surface area (Å²) in [6.45, 7) is 0.0229. The molecule has 0 saturated heterocycles. The zero-order valence-electron chi connectivity index (χ0n) is 19.3. The molecular formula is C17H32N8O10S. The molecule has 0 aliphatic carbocycles. The minimum atomic E-state index is -4.83. The van der Waals surface area contributed by atoms with E-state index in [0.29, 0.717) is 0 Å². The number of hydrogen-bond acceptors (Lipinski definition) is 10. The van der Waals surface area contributed by atoms with E-state index < -0.39 is 82.8 Å². The SMILES string of the molecule is C[C@@H](O)[C@H](NC(=O)[C@H](CS(=O)(=O)O)NC(=O)CNC(=O)[C@H](CCCNC(=N)N)NC(=O)CN)C(=O)O. The van der Waals surface area contributed by atoms with Gasteiger partial charge in [-0.3, -0.25) is 29.1 Å². The number of carboxylic acid groups (broad SMARTS) is 1. The van der Waals surface area contributed by atoms with Crippen LogP contribution < -0.4 is 38.1 Å². The molecule has 0 aromatic carbocycles. The van der Waals surface area contributed by atoms with Crippen LogP contribution >= 0.6 is 0 Å². The first-order chi connectivity index (χ1) is 16.6. The molecule has 0 radical (unpaired) electrons. The average Bonchev–Trinajstić information content (AvgIpc) is 2.75. The Kier molecular flexibility index (Phi) is 13.9. The van der Waals surface area contributed by atoms with Crippen molar-refractivity contribution in [2.45, 2.75) is 44.0 Å². The van der Waals surface area contributed by atoms with E-state index in [4.69, 9.17) is 26.5 Å². The molecule has 206 valence electrons. The summed E-state index contributed by atoms with van der Waals surface area (Å²) in [5, 5.41) is 36.3. The second kappa shape index (κ2) is 15.4. The maximum absolute atomic E-state index is 12.4. The lowest BCUT2D eigenvalue weighted by Crippen LogP contribution is -2.58. The first kappa shape index (κ1) is 32.5. The van der Waals surface area contributed by atoms with Crippen molar-refractivity contribution in [3.8, 4) is 0 Å². The third kappa shape index (κ3) is 14.0. The number of nitrogens with two attached hydrogens (primary N) is 2. The van der Waals surface area contributed by atoms with E-state index in [1.54, 1.807) is 0 Å². The summed E-state index contributed by atoms with van der Waals surface area (Å²) in [7, 11) is -4.83. The van der Waals surface area contributed by atoms with Gasteiger partial charge in [0.2, 0.25) is 23.6 Å². The smallest absolute Gasteiger partial charge is 0.328 e. The highest BCUT2D eigenvalue weighted by Crippen LogP contribution is 1.99. The second-order valence-electron chi connectivity index (χ2n) is 7.46. The summed E-state index contributed by atoms with van der Waals surface area (Å²) in [5.74, 6) is -7.22. The fourth-order valence-electron chi connectivity index (χ4n) is 2.62. The zero-order valence-corrected chi connectivity index (χ0v) is 20.1. The summed E-state index contributed by atoms with van der Waals surface area (Å²) in [6.07, 6.45) is -1.25. The fourth-order valence-corrected chi connectivity index (χ4v) is 3.28. The van der Waals surface area contributed by atoms with Crippen LogP contribution in [-0.4, -0.2) is 108 Å². The van der Waals surface area contributed by atoms with E-state index in [-0.39, 0.29) is 25.3 Å².